The van der Waals surface area contributed by atoms with Crippen molar-refractivity contribution in [1.82, 2.24) is 0 Å². The van der Waals surface area contributed by atoms with Crippen LogP contribution in [0.25, 0.3) is 0 Å². The van der Waals surface area contributed by atoms with Gasteiger partial charge in [0.2, 0.25) is 0 Å². The van der Waals surface area contributed by atoms with Crippen LogP contribution < -0.4 is 11.1 Å². The molecule has 0 radical (unpaired) electrons. The van der Waals surface area contributed by atoms with Crippen molar-refractivity contribution in [2.75, 3.05) is 11.1 Å². The molecule has 0 bridgehead atoms. The minimum Gasteiger partial charge on any atom is -0.396 e. The number of halogens is 2. The van der Waals surface area contributed by atoms with E-state index in [0.29, 0.717) is 5.69 Å². The Morgan fingerprint density at radius 1 is 1.20 bits per heavy atom. The highest BCUT2D eigenvalue weighted by Crippen LogP contribution is 2.19. The fourth-order valence-corrected chi connectivity index (χ4v) is 1.80. The molecule has 0 atom stereocenters. The zero-order valence-electron chi connectivity index (χ0n) is 10.9. The van der Waals surface area contributed by atoms with Gasteiger partial charge in [-0.2, -0.15) is 0 Å². The Labute approximate surface area is 115 Å². The molecule has 3 N–H and O–H groups in total. The summed E-state index contributed by atoms with van der Waals surface area (Å²) in [5.41, 5.74) is 6.11. The zero-order chi connectivity index (χ0) is 14.7. The largest absolute Gasteiger partial charge is 0.396 e. The molecule has 0 saturated carbocycles. The molecule has 0 aliphatic heterocycles. The van der Waals surface area contributed by atoms with Crippen LogP contribution in [-0.2, 0) is 6.42 Å². The fraction of sp³-hybridized carbons (Fsp3) is 0.133. The molecule has 5 heteroatoms. The number of nitrogen functional groups attached to an aromatic ring is 1. The third-order valence-electron chi connectivity index (χ3n) is 2.93. The highest BCUT2D eigenvalue weighted by Gasteiger charge is 2.16. The summed E-state index contributed by atoms with van der Waals surface area (Å²) >= 11 is 0. The second-order valence-electron chi connectivity index (χ2n) is 4.36. The summed E-state index contributed by atoms with van der Waals surface area (Å²) in [5.74, 6) is -2.41. The van der Waals surface area contributed by atoms with Gasteiger partial charge in [-0.25, -0.2) is 8.78 Å². The lowest BCUT2D eigenvalue weighted by molar-refractivity contribution is 0.102. The molecular weight excluding hydrogens is 262 g/mol. The number of nitrogens with two attached hydrogens (primary N) is 1. The Hall–Kier alpha value is -2.43. The summed E-state index contributed by atoms with van der Waals surface area (Å²) in [6, 6.07) is 8.77. The van der Waals surface area contributed by atoms with Crippen LogP contribution in [0, 0.1) is 11.6 Å². The number of carbonyl (C=O) groups excluding carboxylic acids is 1. The number of benzene rings is 2. The summed E-state index contributed by atoms with van der Waals surface area (Å²) in [5, 5.41) is 2.50. The lowest BCUT2D eigenvalue weighted by Gasteiger charge is -2.08. The molecule has 0 aliphatic carbocycles. The average molecular weight is 276 g/mol. The third kappa shape index (κ3) is 2.93. The van der Waals surface area contributed by atoms with E-state index in [2.05, 4.69) is 5.32 Å². The average Bonchev–Trinajstić information content (AvgIpc) is 2.43. The van der Waals surface area contributed by atoms with E-state index in [1.54, 1.807) is 12.1 Å². The molecule has 1 amide bonds. The van der Waals surface area contributed by atoms with Gasteiger partial charge in [0.05, 0.1) is 11.3 Å². The molecule has 2 rings (SSSR count). The van der Waals surface area contributed by atoms with E-state index in [1.807, 2.05) is 19.1 Å². The number of carbonyl (C=O) groups is 1. The van der Waals surface area contributed by atoms with E-state index < -0.39 is 28.8 Å². The lowest BCUT2D eigenvalue weighted by atomic mass is 10.1. The minimum absolute atomic E-state index is 0.392. The van der Waals surface area contributed by atoms with Crippen LogP contribution in [0.15, 0.2) is 36.4 Å². The predicted molar refractivity (Wildman–Crippen MR) is 74.5 cm³/mol. The number of amides is 1. The van der Waals surface area contributed by atoms with E-state index in [0.717, 1.165) is 24.1 Å². The second-order valence-corrected chi connectivity index (χ2v) is 4.36. The first-order chi connectivity index (χ1) is 9.51. The highest BCUT2D eigenvalue weighted by atomic mass is 19.1. The van der Waals surface area contributed by atoms with Crippen LogP contribution in [0.4, 0.5) is 20.2 Å². The Kier molecular flexibility index (Phi) is 3.98. The topological polar surface area (TPSA) is 55.1 Å². The standard InChI is InChI=1S/C15H14F2N2O/c1-2-9-3-5-11(6-4-9)19-15(20)12-7-10(16)8-13(18)14(12)17/h3-8H,2,18H2,1H3,(H,19,20). The molecule has 0 saturated heterocycles. The summed E-state index contributed by atoms with van der Waals surface area (Å²) in [4.78, 5) is 11.9. The van der Waals surface area contributed by atoms with Crippen LogP contribution >= 0.6 is 0 Å². The number of rotatable bonds is 3. The quantitative estimate of drug-likeness (QED) is 0.844. The van der Waals surface area contributed by atoms with Crippen molar-refractivity contribution >= 4 is 17.3 Å². The van der Waals surface area contributed by atoms with Gasteiger partial charge < -0.3 is 11.1 Å². The van der Waals surface area contributed by atoms with Gasteiger partial charge in [-0.1, -0.05) is 19.1 Å². The minimum atomic E-state index is -0.922. The van der Waals surface area contributed by atoms with Crippen LogP contribution in [-0.4, -0.2) is 5.91 Å². The molecule has 104 valence electrons. The van der Waals surface area contributed by atoms with E-state index in [1.165, 1.54) is 0 Å². The Bertz CT molecular complexity index is 639. The van der Waals surface area contributed by atoms with Gasteiger partial charge in [-0.3, -0.25) is 4.79 Å². The van der Waals surface area contributed by atoms with Crippen molar-refractivity contribution in [3.8, 4) is 0 Å². The van der Waals surface area contributed by atoms with Crippen molar-refractivity contribution in [2.24, 2.45) is 0 Å². The number of aryl methyl sites for hydroxylation is 1. The van der Waals surface area contributed by atoms with Crippen LogP contribution in [0.2, 0.25) is 0 Å². The molecule has 0 aliphatic rings. The highest BCUT2D eigenvalue weighted by molar-refractivity contribution is 6.05. The summed E-state index contributed by atoms with van der Waals surface area (Å²) < 4.78 is 26.9. The smallest absolute Gasteiger partial charge is 0.258 e. The van der Waals surface area contributed by atoms with Crippen molar-refractivity contribution in [2.45, 2.75) is 13.3 Å². The van der Waals surface area contributed by atoms with Gasteiger partial charge in [0, 0.05) is 5.69 Å². The van der Waals surface area contributed by atoms with Crippen LogP contribution in [0.5, 0.6) is 0 Å². The lowest BCUT2D eigenvalue weighted by Crippen LogP contribution is -2.15. The molecule has 0 heterocycles. The van der Waals surface area contributed by atoms with Gasteiger partial charge >= 0.3 is 0 Å². The fourth-order valence-electron chi connectivity index (χ4n) is 1.80. The van der Waals surface area contributed by atoms with Crippen molar-refractivity contribution < 1.29 is 13.6 Å². The second kappa shape index (κ2) is 5.69. The maximum absolute atomic E-state index is 13.7. The molecule has 0 aromatic heterocycles. The molecule has 2 aromatic rings. The Morgan fingerprint density at radius 3 is 2.45 bits per heavy atom. The van der Waals surface area contributed by atoms with Gasteiger partial charge in [-0.05, 0) is 36.2 Å². The van der Waals surface area contributed by atoms with Gasteiger partial charge in [-0.15, -0.1) is 0 Å². The van der Waals surface area contributed by atoms with Crippen LogP contribution in [0.1, 0.15) is 22.8 Å². The van der Waals surface area contributed by atoms with Gasteiger partial charge in [0.1, 0.15) is 5.82 Å². The van der Waals surface area contributed by atoms with E-state index in [-0.39, 0.29) is 0 Å². The normalized spacial score (nSPS) is 10.3. The predicted octanol–water partition coefficient (Wildman–Crippen LogP) is 3.36. The number of hydrogen-bond acceptors (Lipinski definition) is 2. The van der Waals surface area contributed by atoms with Gasteiger partial charge in [0.25, 0.3) is 5.91 Å². The molecule has 20 heavy (non-hydrogen) atoms. The van der Waals surface area contributed by atoms with Crippen molar-refractivity contribution in [3.63, 3.8) is 0 Å². The monoisotopic (exact) mass is 276 g/mol. The van der Waals surface area contributed by atoms with E-state index >= 15 is 0 Å². The number of anilines is 2. The molecule has 0 unspecified atom stereocenters. The number of hydrogen-bond donors (Lipinski definition) is 2. The van der Waals surface area contributed by atoms with Crippen molar-refractivity contribution in [1.29, 1.82) is 0 Å². The molecule has 0 fully saturated rings. The Morgan fingerprint density at radius 2 is 1.85 bits per heavy atom. The molecule has 3 nitrogen and oxygen atoms in total. The maximum Gasteiger partial charge on any atom is 0.258 e. The van der Waals surface area contributed by atoms with E-state index in [4.69, 9.17) is 5.73 Å². The summed E-state index contributed by atoms with van der Waals surface area (Å²) in [6.07, 6.45) is 0.878. The summed E-state index contributed by atoms with van der Waals surface area (Å²) in [7, 11) is 0. The van der Waals surface area contributed by atoms with Gasteiger partial charge in [0.15, 0.2) is 5.82 Å². The first kappa shape index (κ1) is 14.0. The van der Waals surface area contributed by atoms with Crippen molar-refractivity contribution in [3.05, 3.63) is 59.2 Å². The first-order valence-corrected chi connectivity index (χ1v) is 6.16. The molecule has 0 spiro atoms. The maximum atomic E-state index is 13.7. The first-order valence-electron chi connectivity index (χ1n) is 6.16. The van der Waals surface area contributed by atoms with Crippen LogP contribution in [0.3, 0.4) is 0 Å². The third-order valence-corrected chi connectivity index (χ3v) is 2.93. The Balaban J connectivity index is 2.23. The summed E-state index contributed by atoms with van der Waals surface area (Å²) in [6.45, 7) is 2.01. The molecular formula is C15H14F2N2O. The van der Waals surface area contributed by atoms with E-state index in [9.17, 15) is 13.6 Å². The molecule has 2 aromatic carbocycles. The SMILES string of the molecule is CCc1ccc(NC(=O)c2cc(F)cc(N)c2F)cc1. The zero-order valence-corrected chi connectivity index (χ0v) is 10.9. The number of nitrogens with one attached hydrogen (secondary N) is 1.